The molecule has 1 aliphatic rings. The van der Waals surface area contributed by atoms with Crippen molar-refractivity contribution in [3.8, 4) is 5.75 Å². The molecule has 0 atom stereocenters. The van der Waals surface area contributed by atoms with Gasteiger partial charge < -0.3 is 10.1 Å². The minimum atomic E-state index is -0.0631. The second-order valence-electron chi connectivity index (χ2n) is 4.98. The summed E-state index contributed by atoms with van der Waals surface area (Å²) in [7, 11) is 0. The third-order valence-corrected chi connectivity index (χ3v) is 3.73. The molecule has 0 radical (unpaired) electrons. The summed E-state index contributed by atoms with van der Waals surface area (Å²) in [5.74, 6) is 0.493. The molecule has 0 spiro atoms. The van der Waals surface area contributed by atoms with Gasteiger partial charge >= 0.3 is 0 Å². The molecule has 0 heterocycles. The molecule has 1 aliphatic carbocycles. The van der Waals surface area contributed by atoms with E-state index in [2.05, 4.69) is 5.32 Å². The van der Waals surface area contributed by atoms with Gasteiger partial charge in [-0.25, -0.2) is 0 Å². The van der Waals surface area contributed by atoms with Gasteiger partial charge in [-0.05, 0) is 25.0 Å². The second-order valence-corrected chi connectivity index (χ2v) is 5.38. The van der Waals surface area contributed by atoms with Crippen LogP contribution in [0.3, 0.4) is 0 Å². The van der Waals surface area contributed by atoms with E-state index in [1.807, 2.05) is 12.1 Å². The Labute approximate surface area is 119 Å². The predicted molar refractivity (Wildman–Crippen MR) is 76.6 cm³/mol. The van der Waals surface area contributed by atoms with E-state index in [-0.39, 0.29) is 12.5 Å². The number of hydrogen-bond acceptors (Lipinski definition) is 2. The maximum atomic E-state index is 11.8. The Kier molecular flexibility index (Phi) is 5.52. The Bertz CT molecular complexity index is 414. The van der Waals surface area contributed by atoms with Gasteiger partial charge in [0, 0.05) is 6.04 Å². The van der Waals surface area contributed by atoms with Crippen LogP contribution in [0.15, 0.2) is 24.3 Å². The van der Waals surface area contributed by atoms with Crippen molar-refractivity contribution < 1.29 is 9.53 Å². The Morgan fingerprint density at radius 1 is 1.21 bits per heavy atom. The van der Waals surface area contributed by atoms with Crippen molar-refractivity contribution in [1.29, 1.82) is 0 Å². The minimum absolute atomic E-state index is 0.0280. The van der Waals surface area contributed by atoms with Crippen LogP contribution in [0, 0.1) is 0 Å². The molecule has 1 saturated carbocycles. The monoisotopic (exact) mass is 281 g/mol. The Balaban J connectivity index is 1.76. The van der Waals surface area contributed by atoms with Crippen LogP contribution < -0.4 is 10.1 Å². The number of rotatable bonds is 4. The summed E-state index contributed by atoms with van der Waals surface area (Å²) in [4.78, 5) is 11.8. The van der Waals surface area contributed by atoms with Crippen molar-refractivity contribution >= 4 is 17.5 Å². The van der Waals surface area contributed by atoms with E-state index in [0.717, 1.165) is 12.8 Å². The number of carbonyl (C=O) groups is 1. The van der Waals surface area contributed by atoms with E-state index in [4.69, 9.17) is 16.3 Å². The number of halogens is 1. The maximum Gasteiger partial charge on any atom is 0.258 e. The van der Waals surface area contributed by atoms with Gasteiger partial charge in [0.2, 0.25) is 0 Å². The lowest BCUT2D eigenvalue weighted by Gasteiger charge is -2.16. The van der Waals surface area contributed by atoms with E-state index in [1.54, 1.807) is 12.1 Å². The summed E-state index contributed by atoms with van der Waals surface area (Å²) in [6.45, 7) is 0.0280. The standard InChI is InChI=1S/C15H20ClNO2/c16-13-9-5-6-10-14(13)19-11-15(18)17-12-7-3-1-2-4-8-12/h5-6,9-10,12H,1-4,7-8,11H2,(H,17,18). The predicted octanol–water partition coefficient (Wildman–Crippen LogP) is 3.56. The Morgan fingerprint density at radius 2 is 1.89 bits per heavy atom. The summed E-state index contributed by atoms with van der Waals surface area (Å²) < 4.78 is 5.43. The quantitative estimate of drug-likeness (QED) is 0.857. The first-order chi connectivity index (χ1) is 9.25. The summed E-state index contributed by atoms with van der Waals surface area (Å²) in [5.41, 5.74) is 0. The van der Waals surface area contributed by atoms with Crippen LogP contribution >= 0.6 is 11.6 Å². The largest absolute Gasteiger partial charge is 0.482 e. The van der Waals surface area contributed by atoms with Crippen LogP contribution in [0.1, 0.15) is 38.5 Å². The highest BCUT2D eigenvalue weighted by molar-refractivity contribution is 6.32. The minimum Gasteiger partial charge on any atom is -0.482 e. The molecule has 0 aromatic heterocycles. The van der Waals surface area contributed by atoms with Crippen LogP contribution in [0.2, 0.25) is 5.02 Å². The molecular weight excluding hydrogens is 262 g/mol. The van der Waals surface area contributed by atoms with Gasteiger partial charge in [0.1, 0.15) is 5.75 Å². The Morgan fingerprint density at radius 3 is 2.58 bits per heavy atom. The highest BCUT2D eigenvalue weighted by Gasteiger charge is 2.15. The topological polar surface area (TPSA) is 38.3 Å². The molecule has 1 aromatic carbocycles. The normalized spacial score (nSPS) is 16.7. The molecule has 19 heavy (non-hydrogen) atoms. The number of hydrogen-bond donors (Lipinski definition) is 1. The average molecular weight is 282 g/mol. The van der Waals surface area contributed by atoms with E-state index in [1.165, 1.54) is 25.7 Å². The molecular formula is C15H20ClNO2. The first-order valence-electron chi connectivity index (χ1n) is 6.92. The van der Waals surface area contributed by atoms with Gasteiger partial charge in [-0.2, -0.15) is 0 Å². The molecule has 1 amide bonds. The number of nitrogens with one attached hydrogen (secondary N) is 1. The highest BCUT2D eigenvalue weighted by Crippen LogP contribution is 2.23. The molecule has 1 N–H and O–H groups in total. The van der Waals surface area contributed by atoms with E-state index in [0.29, 0.717) is 16.8 Å². The summed E-state index contributed by atoms with van der Waals surface area (Å²) in [6.07, 6.45) is 7.13. The zero-order valence-electron chi connectivity index (χ0n) is 11.0. The number of amides is 1. The van der Waals surface area contributed by atoms with Crippen LogP contribution in [0.5, 0.6) is 5.75 Å². The number of ether oxygens (including phenoxy) is 1. The lowest BCUT2D eigenvalue weighted by atomic mass is 10.1. The van der Waals surface area contributed by atoms with Gasteiger partial charge in [-0.15, -0.1) is 0 Å². The first kappa shape index (κ1) is 14.2. The lowest BCUT2D eigenvalue weighted by molar-refractivity contribution is -0.123. The van der Waals surface area contributed by atoms with E-state index < -0.39 is 0 Å². The SMILES string of the molecule is O=C(COc1ccccc1Cl)NC1CCCCCC1. The van der Waals surface area contributed by atoms with Crippen molar-refractivity contribution in [1.82, 2.24) is 5.32 Å². The molecule has 2 rings (SSSR count). The van der Waals surface area contributed by atoms with Gasteiger partial charge in [-0.1, -0.05) is 49.4 Å². The van der Waals surface area contributed by atoms with Crippen molar-refractivity contribution in [2.45, 2.75) is 44.6 Å². The van der Waals surface area contributed by atoms with E-state index >= 15 is 0 Å². The average Bonchev–Trinajstić information content (AvgIpc) is 2.66. The fourth-order valence-corrected chi connectivity index (χ4v) is 2.59. The van der Waals surface area contributed by atoms with Gasteiger partial charge in [-0.3, -0.25) is 4.79 Å². The number of carbonyl (C=O) groups excluding carboxylic acids is 1. The zero-order chi connectivity index (χ0) is 13.5. The smallest absolute Gasteiger partial charge is 0.258 e. The van der Waals surface area contributed by atoms with Gasteiger partial charge in [0.15, 0.2) is 6.61 Å². The van der Waals surface area contributed by atoms with Gasteiger partial charge in [0.25, 0.3) is 5.91 Å². The van der Waals surface area contributed by atoms with Crippen LogP contribution in [0.4, 0.5) is 0 Å². The lowest BCUT2D eigenvalue weighted by Crippen LogP contribution is -2.37. The fraction of sp³-hybridized carbons (Fsp3) is 0.533. The van der Waals surface area contributed by atoms with Gasteiger partial charge in [0.05, 0.1) is 5.02 Å². The second kappa shape index (κ2) is 7.39. The third kappa shape index (κ3) is 4.75. The fourth-order valence-electron chi connectivity index (χ4n) is 2.40. The van der Waals surface area contributed by atoms with Crippen LogP contribution in [0.25, 0.3) is 0 Å². The molecule has 0 bridgehead atoms. The molecule has 0 saturated heterocycles. The molecule has 3 nitrogen and oxygen atoms in total. The number of para-hydroxylation sites is 1. The van der Waals surface area contributed by atoms with Crippen molar-refractivity contribution in [2.24, 2.45) is 0 Å². The van der Waals surface area contributed by atoms with Crippen molar-refractivity contribution in [2.75, 3.05) is 6.61 Å². The van der Waals surface area contributed by atoms with Crippen LogP contribution in [-0.4, -0.2) is 18.6 Å². The molecule has 1 fully saturated rings. The molecule has 0 unspecified atom stereocenters. The maximum absolute atomic E-state index is 11.8. The van der Waals surface area contributed by atoms with Crippen LogP contribution in [-0.2, 0) is 4.79 Å². The molecule has 1 aromatic rings. The molecule has 4 heteroatoms. The van der Waals surface area contributed by atoms with Crippen molar-refractivity contribution in [3.05, 3.63) is 29.3 Å². The van der Waals surface area contributed by atoms with Crippen molar-refractivity contribution in [3.63, 3.8) is 0 Å². The summed E-state index contributed by atoms with van der Waals surface area (Å²) >= 11 is 5.96. The Hall–Kier alpha value is -1.22. The highest BCUT2D eigenvalue weighted by atomic mass is 35.5. The molecule has 0 aliphatic heterocycles. The summed E-state index contributed by atoms with van der Waals surface area (Å²) in [5, 5.41) is 3.57. The molecule has 104 valence electrons. The van der Waals surface area contributed by atoms with E-state index in [9.17, 15) is 4.79 Å². The first-order valence-corrected chi connectivity index (χ1v) is 7.30. The third-order valence-electron chi connectivity index (χ3n) is 3.42. The zero-order valence-corrected chi connectivity index (χ0v) is 11.8. The summed E-state index contributed by atoms with van der Waals surface area (Å²) in [6, 6.07) is 7.50. The number of benzene rings is 1.